The summed E-state index contributed by atoms with van der Waals surface area (Å²) in [6, 6.07) is 19.7. The Morgan fingerprint density at radius 1 is 1.09 bits per heavy atom. The number of carbonyl (C=O) groups excluding carboxylic acids is 1. The van der Waals surface area contributed by atoms with Crippen LogP contribution in [0.2, 0.25) is 0 Å². The van der Waals surface area contributed by atoms with Gasteiger partial charge < -0.3 is 4.74 Å². The average molecular weight is 486 g/mol. The predicted octanol–water partition coefficient (Wildman–Crippen LogP) is 3.51. The summed E-state index contributed by atoms with van der Waals surface area (Å²) in [4.78, 5) is 36.1. The molecule has 3 heterocycles. The summed E-state index contributed by atoms with van der Waals surface area (Å²) < 4.78 is 21.2. The Balaban J connectivity index is 1.61. The number of hydrogen-bond acceptors (Lipinski definition) is 6. The molecule has 35 heavy (non-hydrogen) atoms. The van der Waals surface area contributed by atoms with Crippen LogP contribution in [0, 0.1) is 5.82 Å². The summed E-state index contributed by atoms with van der Waals surface area (Å²) in [5, 5.41) is 0. The second-order valence-electron chi connectivity index (χ2n) is 7.95. The molecule has 2 aromatic carbocycles. The quantitative estimate of drug-likeness (QED) is 0.406. The van der Waals surface area contributed by atoms with Gasteiger partial charge in [-0.2, -0.15) is 0 Å². The highest BCUT2D eigenvalue weighted by Gasteiger charge is 2.33. The van der Waals surface area contributed by atoms with E-state index in [1.165, 1.54) is 28.0 Å². The Morgan fingerprint density at radius 2 is 1.83 bits per heavy atom. The zero-order valence-electron chi connectivity index (χ0n) is 18.7. The maximum Gasteiger partial charge on any atom is 0.338 e. The molecule has 1 aliphatic rings. The SMILES string of the molecule is CC1=C(C(=O)OCc2ccccc2)[C@H](c2ccc(F)cc2)n2c(s/c(=C\c3ccccn3)c2=O)=N1. The Hall–Kier alpha value is -4.17. The van der Waals surface area contributed by atoms with Crippen molar-refractivity contribution in [2.45, 2.75) is 19.6 Å². The second kappa shape index (κ2) is 9.60. The highest BCUT2D eigenvalue weighted by Crippen LogP contribution is 2.31. The van der Waals surface area contributed by atoms with Gasteiger partial charge in [0.1, 0.15) is 12.4 Å². The van der Waals surface area contributed by atoms with E-state index < -0.39 is 17.8 Å². The minimum absolute atomic E-state index is 0.0800. The van der Waals surface area contributed by atoms with E-state index in [1.54, 1.807) is 43.5 Å². The number of carbonyl (C=O) groups is 1. The minimum Gasteiger partial charge on any atom is -0.457 e. The predicted molar refractivity (Wildman–Crippen MR) is 131 cm³/mol. The summed E-state index contributed by atoms with van der Waals surface area (Å²) >= 11 is 1.21. The molecule has 0 fully saturated rings. The third-order valence-corrected chi connectivity index (χ3v) is 6.59. The molecular weight excluding hydrogens is 465 g/mol. The van der Waals surface area contributed by atoms with Gasteiger partial charge in [0.15, 0.2) is 4.80 Å². The normalized spacial score (nSPS) is 15.5. The van der Waals surface area contributed by atoms with Crippen LogP contribution in [0.4, 0.5) is 4.39 Å². The molecular formula is C27H20FN3O3S. The number of allylic oxidation sites excluding steroid dienone is 1. The fraction of sp³-hybridized carbons (Fsp3) is 0.111. The van der Waals surface area contributed by atoms with E-state index in [1.807, 2.05) is 36.4 Å². The first-order valence-corrected chi connectivity index (χ1v) is 11.7. The number of hydrogen-bond donors (Lipinski definition) is 0. The van der Waals surface area contributed by atoms with Crippen molar-refractivity contribution in [2.24, 2.45) is 4.99 Å². The molecule has 5 rings (SSSR count). The molecule has 0 saturated heterocycles. The maximum absolute atomic E-state index is 13.7. The van der Waals surface area contributed by atoms with Gasteiger partial charge in [0.25, 0.3) is 5.56 Å². The number of halogens is 1. The second-order valence-corrected chi connectivity index (χ2v) is 8.96. The largest absolute Gasteiger partial charge is 0.457 e. The number of esters is 1. The van der Waals surface area contributed by atoms with E-state index in [9.17, 15) is 14.0 Å². The van der Waals surface area contributed by atoms with Crippen LogP contribution >= 0.6 is 11.3 Å². The number of nitrogens with zero attached hydrogens (tertiary/aromatic N) is 3. The highest BCUT2D eigenvalue weighted by molar-refractivity contribution is 7.07. The van der Waals surface area contributed by atoms with Crippen LogP contribution in [0.1, 0.15) is 29.8 Å². The van der Waals surface area contributed by atoms with Crippen molar-refractivity contribution in [1.82, 2.24) is 9.55 Å². The summed E-state index contributed by atoms with van der Waals surface area (Å²) in [5.74, 6) is -0.992. The summed E-state index contributed by atoms with van der Waals surface area (Å²) in [7, 11) is 0. The Morgan fingerprint density at radius 3 is 2.54 bits per heavy atom. The van der Waals surface area contributed by atoms with Gasteiger partial charge in [0, 0.05) is 6.20 Å². The number of fused-ring (bicyclic) bond motifs is 1. The smallest absolute Gasteiger partial charge is 0.338 e. The van der Waals surface area contributed by atoms with Gasteiger partial charge in [-0.05, 0) is 48.4 Å². The zero-order chi connectivity index (χ0) is 24.4. The Bertz CT molecular complexity index is 1590. The summed E-state index contributed by atoms with van der Waals surface area (Å²) in [5.41, 5.74) is 2.43. The maximum atomic E-state index is 13.7. The molecule has 6 nitrogen and oxygen atoms in total. The summed E-state index contributed by atoms with van der Waals surface area (Å²) in [6.45, 7) is 1.79. The van der Waals surface area contributed by atoms with Gasteiger partial charge in [-0.1, -0.05) is 59.9 Å². The van der Waals surface area contributed by atoms with Crippen molar-refractivity contribution in [3.05, 3.63) is 133 Å². The van der Waals surface area contributed by atoms with E-state index in [-0.39, 0.29) is 17.7 Å². The van der Waals surface area contributed by atoms with Crippen molar-refractivity contribution < 1.29 is 13.9 Å². The van der Waals surface area contributed by atoms with Crippen molar-refractivity contribution >= 4 is 23.4 Å². The van der Waals surface area contributed by atoms with Crippen LogP contribution in [-0.2, 0) is 16.1 Å². The molecule has 0 saturated carbocycles. The van der Waals surface area contributed by atoms with Crippen molar-refractivity contribution in [3.8, 4) is 0 Å². The van der Waals surface area contributed by atoms with E-state index in [0.717, 1.165) is 5.56 Å². The van der Waals surface area contributed by atoms with Crippen LogP contribution in [0.5, 0.6) is 0 Å². The molecule has 1 atom stereocenters. The monoisotopic (exact) mass is 485 g/mol. The first-order valence-electron chi connectivity index (χ1n) is 10.9. The number of aromatic nitrogens is 2. The van der Waals surface area contributed by atoms with Crippen LogP contribution in [0.25, 0.3) is 6.08 Å². The molecule has 1 aliphatic heterocycles. The van der Waals surface area contributed by atoms with E-state index in [2.05, 4.69) is 9.98 Å². The molecule has 0 N–H and O–H groups in total. The van der Waals surface area contributed by atoms with Gasteiger partial charge in [-0.15, -0.1) is 0 Å². The fourth-order valence-electron chi connectivity index (χ4n) is 3.94. The third kappa shape index (κ3) is 4.61. The van der Waals surface area contributed by atoms with Gasteiger partial charge >= 0.3 is 5.97 Å². The molecule has 0 unspecified atom stereocenters. The number of rotatable bonds is 5. The van der Waals surface area contributed by atoms with E-state index in [4.69, 9.17) is 4.74 Å². The number of pyridine rings is 1. The minimum atomic E-state index is -0.805. The number of ether oxygens (including phenoxy) is 1. The Labute approximate surface area is 204 Å². The lowest BCUT2D eigenvalue weighted by Crippen LogP contribution is -2.39. The fourth-order valence-corrected chi connectivity index (χ4v) is 4.97. The topological polar surface area (TPSA) is 73.6 Å². The van der Waals surface area contributed by atoms with Gasteiger partial charge in [-0.3, -0.25) is 14.3 Å². The van der Waals surface area contributed by atoms with Gasteiger partial charge in [0.2, 0.25) is 0 Å². The molecule has 4 aromatic rings. The number of benzene rings is 2. The standard InChI is InChI=1S/C27H20FN3O3S/c1-17-23(26(33)34-16-18-7-3-2-4-8-18)24(19-10-12-20(28)13-11-19)31-25(32)22(35-27(31)30-17)15-21-9-5-6-14-29-21/h2-15,24H,16H2,1H3/b22-15-/t24-/m0/s1. The average Bonchev–Trinajstić information content (AvgIpc) is 3.17. The van der Waals surface area contributed by atoms with Crippen LogP contribution in [-0.4, -0.2) is 15.5 Å². The lowest BCUT2D eigenvalue weighted by molar-refractivity contribution is -0.140. The molecule has 2 aromatic heterocycles. The third-order valence-electron chi connectivity index (χ3n) is 5.61. The molecule has 8 heteroatoms. The first kappa shape index (κ1) is 22.6. The summed E-state index contributed by atoms with van der Waals surface area (Å²) in [6.07, 6.45) is 3.34. The highest BCUT2D eigenvalue weighted by atomic mass is 32.1. The molecule has 0 aliphatic carbocycles. The molecule has 174 valence electrons. The van der Waals surface area contributed by atoms with Crippen LogP contribution in [0.3, 0.4) is 0 Å². The first-order chi connectivity index (χ1) is 17.0. The number of thiazole rings is 1. The van der Waals surface area contributed by atoms with Gasteiger partial charge in [-0.25, -0.2) is 14.2 Å². The molecule has 0 amide bonds. The van der Waals surface area contributed by atoms with Crippen molar-refractivity contribution in [1.29, 1.82) is 0 Å². The molecule has 0 radical (unpaired) electrons. The van der Waals surface area contributed by atoms with E-state index >= 15 is 0 Å². The molecule has 0 spiro atoms. The lowest BCUT2D eigenvalue weighted by atomic mass is 9.96. The van der Waals surface area contributed by atoms with Crippen molar-refractivity contribution in [3.63, 3.8) is 0 Å². The van der Waals surface area contributed by atoms with Crippen LogP contribution < -0.4 is 14.9 Å². The lowest BCUT2D eigenvalue weighted by Gasteiger charge is -2.24. The van der Waals surface area contributed by atoms with Gasteiger partial charge in [0.05, 0.1) is 27.5 Å². The Kier molecular flexibility index (Phi) is 6.20. The van der Waals surface area contributed by atoms with Crippen LogP contribution in [0.15, 0.2) is 100 Å². The zero-order valence-corrected chi connectivity index (χ0v) is 19.5. The molecule has 0 bridgehead atoms. The van der Waals surface area contributed by atoms with E-state index in [0.29, 0.717) is 26.3 Å². The van der Waals surface area contributed by atoms with Crippen molar-refractivity contribution in [2.75, 3.05) is 0 Å².